The molecule has 0 spiro atoms. The molecule has 1 unspecified atom stereocenters. The molecular formula is C85H129N13O13. The normalized spacial score (nSPS) is 14.0. The van der Waals surface area contributed by atoms with Crippen molar-refractivity contribution >= 4 is 41.4 Å². The Morgan fingerprint density at radius 3 is 1.07 bits per heavy atom. The van der Waals surface area contributed by atoms with Crippen molar-refractivity contribution in [3.8, 4) is 68.3 Å². The summed E-state index contributed by atoms with van der Waals surface area (Å²) < 4.78 is 39.3. The lowest BCUT2D eigenvalue weighted by molar-refractivity contribution is -0.126. The van der Waals surface area contributed by atoms with Crippen LogP contribution in [-0.4, -0.2) is 157 Å². The molecule has 7 N–H and O–H groups in total. The lowest BCUT2D eigenvalue weighted by Gasteiger charge is -2.21. The van der Waals surface area contributed by atoms with Gasteiger partial charge in [0.05, 0.1) is 89.0 Å². The van der Waals surface area contributed by atoms with Gasteiger partial charge in [-0.1, -0.05) is 140 Å². The average molecular weight is 1540 g/mol. The number of likely N-dealkylation sites (N-methyl/N-ethyl adjacent to an activating group) is 1. The number of rotatable bonds is 39. The molecule has 612 valence electrons. The zero-order chi connectivity index (χ0) is 81.6. The van der Waals surface area contributed by atoms with Crippen LogP contribution < -0.4 is 65.6 Å². The number of benzene rings is 3. The Morgan fingerprint density at radius 2 is 0.757 bits per heavy atom. The highest BCUT2D eigenvalue weighted by Gasteiger charge is 2.31. The predicted octanol–water partition coefficient (Wildman–Crippen LogP) is 13.6. The number of nitrogens with one attached hydrogen (secondary N) is 7. The number of carbonyl (C=O) groups is 7. The Bertz CT molecular complexity index is 3890. The van der Waals surface area contributed by atoms with Gasteiger partial charge < -0.3 is 65.6 Å². The van der Waals surface area contributed by atoms with Gasteiger partial charge in [0, 0.05) is 69.6 Å². The first kappa shape index (κ1) is 90.3. The van der Waals surface area contributed by atoms with Crippen molar-refractivity contribution in [3.05, 3.63) is 89.9 Å². The van der Waals surface area contributed by atoms with Crippen LogP contribution in [0.15, 0.2) is 72.8 Å². The van der Waals surface area contributed by atoms with Crippen LogP contribution in [-0.2, 0) is 32.3 Å². The molecule has 0 aliphatic heterocycles. The van der Waals surface area contributed by atoms with Crippen molar-refractivity contribution in [1.29, 1.82) is 0 Å². The molecule has 2 aliphatic rings. The molecule has 2 fully saturated rings. The highest BCUT2D eigenvalue weighted by atomic mass is 16.5. The fraction of sp³-hybridized carbons (Fsp3) is 0.600. The van der Waals surface area contributed by atoms with Crippen LogP contribution in [0.4, 0.5) is 0 Å². The van der Waals surface area contributed by atoms with Gasteiger partial charge in [-0.2, -0.15) is 15.3 Å². The van der Waals surface area contributed by atoms with Gasteiger partial charge in [0.15, 0.2) is 17.1 Å². The number of hydrogen-bond acceptors (Lipinski definition) is 16. The minimum absolute atomic E-state index is 0.00219. The molecule has 3 aromatic carbocycles. The fourth-order valence-corrected chi connectivity index (χ4v) is 14.3. The van der Waals surface area contributed by atoms with Crippen molar-refractivity contribution in [1.82, 2.24) is 66.6 Å². The Kier molecular flexibility index (Phi) is 36.6. The Labute approximate surface area is 658 Å². The number of ether oxygens (including phenoxy) is 6. The number of aromatic nitrogens is 6. The molecule has 111 heavy (non-hydrogen) atoms. The van der Waals surface area contributed by atoms with E-state index in [0.717, 1.165) is 98.0 Å². The SMILES string of the molecule is CCC(CC)Cn1nc(C(=O)N[C@H](CC(=O)NCC(=O)NC)CC(C)C)cc1-c1c(OC)cccc1OC.COc1cccc(OC)c1-c1cc(C(=O)N[C@H](CC(=O)NC2CCCC2)CC(C)C)nn1C(C)C(C)C.COc1cccc(OC)c1-c1cc(C(=O)N[C@H](CC(=O)NC2CCCC2)CC(C)C)nn1CC(C)C. The Morgan fingerprint density at radius 1 is 0.432 bits per heavy atom. The molecule has 4 atom stereocenters. The van der Waals surface area contributed by atoms with E-state index in [0.29, 0.717) is 102 Å². The largest absolute Gasteiger partial charge is 0.496 e. The van der Waals surface area contributed by atoms with Gasteiger partial charge in [0.1, 0.15) is 34.5 Å². The molecule has 26 nitrogen and oxygen atoms in total. The van der Waals surface area contributed by atoms with Crippen LogP contribution in [0.25, 0.3) is 33.8 Å². The molecule has 3 aromatic heterocycles. The van der Waals surface area contributed by atoms with E-state index in [1.807, 2.05) is 82.5 Å². The summed E-state index contributed by atoms with van der Waals surface area (Å²) >= 11 is 0. The number of carbonyl (C=O) groups excluding carboxylic acids is 7. The summed E-state index contributed by atoms with van der Waals surface area (Å²) in [6.07, 6.45) is 13.3. The van der Waals surface area contributed by atoms with Crippen LogP contribution in [0.1, 0.15) is 230 Å². The van der Waals surface area contributed by atoms with E-state index in [2.05, 4.69) is 118 Å². The van der Waals surface area contributed by atoms with E-state index >= 15 is 0 Å². The molecule has 6 aromatic rings. The molecule has 2 aliphatic carbocycles. The predicted molar refractivity (Wildman–Crippen MR) is 435 cm³/mol. The van der Waals surface area contributed by atoms with E-state index in [1.54, 1.807) is 60.9 Å². The van der Waals surface area contributed by atoms with E-state index in [9.17, 15) is 33.6 Å². The molecule has 3 heterocycles. The second kappa shape index (κ2) is 45.0. The smallest absolute Gasteiger partial charge is 0.272 e. The summed E-state index contributed by atoms with van der Waals surface area (Å²) in [6, 6.07) is 21.7. The average Bonchev–Trinajstić information content (AvgIpc) is 1.66. The van der Waals surface area contributed by atoms with E-state index in [-0.39, 0.29) is 115 Å². The highest BCUT2D eigenvalue weighted by Crippen LogP contribution is 2.43. The molecule has 7 amide bonds. The maximum Gasteiger partial charge on any atom is 0.272 e. The molecule has 8 rings (SSSR count). The summed E-state index contributed by atoms with van der Waals surface area (Å²) in [5.41, 5.74) is 5.32. The maximum absolute atomic E-state index is 13.5. The summed E-state index contributed by atoms with van der Waals surface area (Å²) in [5, 5.41) is 34.6. The van der Waals surface area contributed by atoms with Crippen LogP contribution in [0, 0.1) is 35.5 Å². The van der Waals surface area contributed by atoms with Crippen molar-refractivity contribution in [2.45, 2.75) is 242 Å². The number of nitrogens with zero attached hydrogens (tertiary/aromatic N) is 6. The van der Waals surface area contributed by atoms with Crippen molar-refractivity contribution in [3.63, 3.8) is 0 Å². The molecule has 26 heteroatoms. The van der Waals surface area contributed by atoms with Gasteiger partial charge in [0.2, 0.25) is 23.6 Å². The highest BCUT2D eigenvalue weighted by molar-refractivity contribution is 5.97. The number of amides is 7. The zero-order valence-electron chi connectivity index (χ0n) is 69.8. The van der Waals surface area contributed by atoms with Crippen molar-refractivity contribution in [2.75, 3.05) is 56.3 Å². The van der Waals surface area contributed by atoms with Crippen LogP contribution in [0.5, 0.6) is 34.5 Å². The maximum atomic E-state index is 13.5. The van der Waals surface area contributed by atoms with Crippen molar-refractivity contribution < 1.29 is 62.0 Å². The lowest BCUT2D eigenvalue weighted by atomic mass is 10.00. The molecule has 2 saturated carbocycles. The second-order valence-corrected chi connectivity index (χ2v) is 31.3. The number of hydrogen-bond donors (Lipinski definition) is 7. The zero-order valence-corrected chi connectivity index (χ0v) is 69.8. The number of methoxy groups -OCH3 is 6. The van der Waals surface area contributed by atoms with E-state index in [1.165, 1.54) is 7.05 Å². The summed E-state index contributed by atoms with van der Waals surface area (Å²) in [4.78, 5) is 89.7. The topological polar surface area (TPSA) is 313 Å². The third-order valence-electron chi connectivity index (χ3n) is 20.3. The molecule has 0 saturated heterocycles. The van der Waals surface area contributed by atoms with Gasteiger partial charge in [-0.05, 0) is 142 Å². The third-order valence-corrected chi connectivity index (χ3v) is 20.3. The standard InChI is InChI=1S/C29H44N4O4.C28H43N5O5.C28H42N4O4/c1-18(2)15-22(16-27(34)30-21-11-8-9-12-21)31-29(35)23-17-24(33(32-23)20(5)19(3)4)28-25(36-6)13-10-14-26(28)37-7;1-8-19(9-2)17-33-22(27-23(37-6)11-10-12-24(27)38-7)15-21(32-33)28(36)31-20(13-18(3)4)14-25(34)30-16-26(35)29-5;1-18(2)14-21(15-26(33)29-20-10-7-8-11-20)30-28(34)22-16-23(32(31-22)17-19(3)4)27-24(35-5)12-9-13-25(27)36-6/h10,13-14,17-22H,8-9,11-12,15-16H2,1-7H3,(H,30,34)(H,31,35);10-12,15,18-20H,8-9,13-14,16-17H2,1-7H3,(H,29,35)(H,30,34)(H,31,36);9,12-13,16,18-21H,7-8,10-11,14-15,17H2,1-6H3,(H,29,33)(H,30,34)/t20?,22-;20-;21-/m000/s1. The quantitative estimate of drug-likeness (QED) is 0.0189. The van der Waals surface area contributed by atoms with Gasteiger partial charge in [-0.15, -0.1) is 0 Å². The third kappa shape index (κ3) is 27.1. The lowest BCUT2D eigenvalue weighted by Crippen LogP contribution is -2.42. The monoisotopic (exact) mass is 1540 g/mol. The Balaban J connectivity index is 0.000000260. The first-order chi connectivity index (χ1) is 53.0. The first-order valence-electron chi connectivity index (χ1n) is 39.9. The van der Waals surface area contributed by atoms with E-state index in [4.69, 9.17) is 38.6 Å². The van der Waals surface area contributed by atoms with Gasteiger partial charge in [0.25, 0.3) is 17.7 Å². The van der Waals surface area contributed by atoms with Gasteiger partial charge in [-0.3, -0.25) is 47.6 Å². The summed E-state index contributed by atoms with van der Waals surface area (Å²) in [7, 11) is 11.2. The van der Waals surface area contributed by atoms with E-state index < -0.39 is 6.04 Å². The molecule has 0 bridgehead atoms. The molecular weight excluding hydrogens is 1410 g/mol. The first-order valence-corrected chi connectivity index (χ1v) is 39.9. The van der Waals surface area contributed by atoms with Crippen molar-refractivity contribution in [2.24, 2.45) is 35.5 Å². The molecule has 0 radical (unpaired) electrons. The van der Waals surface area contributed by atoms with Crippen LogP contribution in [0.2, 0.25) is 0 Å². The minimum atomic E-state index is -0.416. The minimum Gasteiger partial charge on any atom is -0.496 e. The fourth-order valence-electron chi connectivity index (χ4n) is 14.3. The Hall–Kier alpha value is -9.62. The van der Waals surface area contributed by atoms with Gasteiger partial charge in [-0.25, -0.2) is 0 Å². The van der Waals surface area contributed by atoms with Crippen LogP contribution >= 0.6 is 0 Å². The summed E-state index contributed by atoms with van der Waals surface area (Å²) in [5.74, 6) is 4.15. The summed E-state index contributed by atoms with van der Waals surface area (Å²) in [6.45, 7) is 28.4. The second-order valence-electron chi connectivity index (χ2n) is 31.3. The van der Waals surface area contributed by atoms with Gasteiger partial charge >= 0.3 is 0 Å². The van der Waals surface area contributed by atoms with Crippen LogP contribution in [0.3, 0.4) is 0 Å².